The minimum Gasteiger partial charge on any atom is -0.493 e. The largest absolute Gasteiger partial charge is 0.493 e. The van der Waals surface area contributed by atoms with Crippen LogP contribution in [0.2, 0.25) is 0 Å². The zero-order valence-electron chi connectivity index (χ0n) is 23.1. The minimum atomic E-state index is -0.362. The molecule has 0 saturated heterocycles. The highest BCUT2D eigenvalue weighted by Gasteiger charge is 2.16. The number of amides is 1. The van der Waals surface area contributed by atoms with Gasteiger partial charge < -0.3 is 38.5 Å². The van der Waals surface area contributed by atoms with Crippen molar-refractivity contribution in [1.29, 1.82) is 0 Å². The fourth-order valence-electron chi connectivity index (χ4n) is 3.89. The lowest BCUT2D eigenvalue weighted by Crippen LogP contribution is -2.11. The molecule has 0 aliphatic carbocycles. The molecule has 206 valence electrons. The molecule has 3 aromatic rings. The van der Waals surface area contributed by atoms with E-state index in [9.17, 15) is 4.79 Å². The number of rotatable bonds is 12. The smallest absolute Gasteiger partial charge is 0.248 e. The summed E-state index contributed by atoms with van der Waals surface area (Å²) >= 11 is 0. The molecular formula is C30H33NO8. The molecule has 3 aromatic carbocycles. The number of anilines is 1. The number of methoxy groups -OCH3 is 7. The molecule has 9 heteroatoms. The highest BCUT2D eigenvalue weighted by Crippen LogP contribution is 2.41. The molecule has 0 spiro atoms. The van der Waals surface area contributed by atoms with Crippen molar-refractivity contribution in [3.05, 3.63) is 65.2 Å². The van der Waals surface area contributed by atoms with E-state index in [0.717, 1.165) is 11.1 Å². The van der Waals surface area contributed by atoms with Crippen LogP contribution in [0.5, 0.6) is 40.2 Å². The van der Waals surface area contributed by atoms with Crippen LogP contribution in [-0.4, -0.2) is 55.7 Å². The molecular weight excluding hydrogens is 502 g/mol. The van der Waals surface area contributed by atoms with E-state index in [0.29, 0.717) is 51.5 Å². The van der Waals surface area contributed by atoms with Crippen molar-refractivity contribution in [2.75, 3.05) is 55.1 Å². The first-order chi connectivity index (χ1) is 18.9. The van der Waals surface area contributed by atoms with Gasteiger partial charge in [-0.25, -0.2) is 0 Å². The number of hydrogen-bond donors (Lipinski definition) is 1. The summed E-state index contributed by atoms with van der Waals surface area (Å²) in [5.74, 6) is 3.21. The Labute approximate surface area is 228 Å². The first-order valence-corrected chi connectivity index (χ1v) is 11.9. The summed E-state index contributed by atoms with van der Waals surface area (Å²) in [6.07, 6.45) is 6.80. The van der Waals surface area contributed by atoms with Crippen molar-refractivity contribution in [3.63, 3.8) is 0 Å². The maximum Gasteiger partial charge on any atom is 0.248 e. The van der Waals surface area contributed by atoms with E-state index < -0.39 is 0 Å². The lowest BCUT2D eigenvalue weighted by Gasteiger charge is -2.16. The number of benzene rings is 3. The van der Waals surface area contributed by atoms with Crippen LogP contribution in [0.25, 0.3) is 18.2 Å². The van der Waals surface area contributed by atoms with Gasteiger partial charge in [0.25, 0.3) is 0 Å². The Balaban J connectivity index is 1.95. The van der Waals surface area contributed by atoms with Gasteiger partial charge in [-0.2, -0.15) is 0 Å². The molecule has 1 N–H and O–H groups in total. The van der Waals surface area contributed by atoms with Crippen molar-refractivity contribution >= 4 is 29.8 Å². The fourth-order valence-corrected chi connectivity index (χ4v) is 3.89. The van der Waals surface area contributed by atoms with E-state index in [2.05, 4.69) is 5.32 Å². The van der Waals surface area contributed by atoms with E-state index in [-0.39, 0.29) is 5.91 Å². The number of hydrogen-bond acceptors (Lipinski definition) is 8. The van der Waals surface area contributed by atoms with Gasteiger partial charge in [0.2, 0.25) is 11.7 Å². The molecule has 0 heterocycles. The Bertz CT molecular complexity index is 1340. The molecule has 0 saturated carbocycles. The third kappa shape index (κ3) is 6.75. The van der Waals surface area contributed by atoms with Crippen molar-refractivity contribution in [2.24, 2.45) is 0 Å². The maximum atomic E-state index is 13.0. The molecule has 3 rings (SSSR count). The predicted molar refractivity (Wildman–Crippen MR) is 152 cm³/mol. The van der Waals surface area contributed by atoms with Gasteiger partial charge >= 0.3 is 0 Å². The Hall–Kier alpha value is -4.79. The average Bonchev–Trinajstić information content (AvgIpc) is 2.97. The van der Waals surface area contributed by atoms with Gasteiger partial charge in [-0.1, -0.05) is 18.2 Å². The molecule has 0 aliphatic heterocycles. The molecule has 0 unspecified atom stereocenters. The molecule has 9 nitrogen and oxygen atoms in total. The summed E-state index contributed by atoms with van der Waals surface area (Å²) in [5, 5.41) is 2.92. The van der Waals surface area contributed by atoms with E-state index in [1.807, 2.05) is 36.4 Å². The van der Waals surface area contributed by atoms with Crippen molar-refractivity contribution < 1.29 is 38.0 Å². The summed E-state index contributed by atoms with van der Waals surface area (Å²) < 4.78 is 38.0. The highest BCUT2D eigenvalue weighted by atomic mass is 16.5. The van der Waals surface area contributed by atoms with Crippen LogP contribution >= 0.6 is 0 Å². The Morgan fingerprint density at radius 2 is 1.13 bits per heavy atom. The first-order valence-electron chi connectivity index (χ1n) is 11.9. The van der Waals surface area contributed by atoms with Crippen LogP contribution in [0.1, 0.15) is 16.7 Å². The lowest BCUT2D eigenvalue weighted by atomic mass is 10.1. The maximum absolute atomic E-state index is 13.0. The number of carbonyl (C=O) groups excluding carboxylic acids is 1. The molecule has 1 amide bonds. The SMILES string of the molecule is COc1ccc(/C=C/C(=O)Nc2c(C=Cc3cc(OC)c(OC)c(OC)c3)ccc(OC)c2OC)cc1OC. The molecule has 0 aliphatic rings. The summed E-state index contributed by atoms with van der Waals surface area (Å²) in [4.78, 5) is 13.0. The highest BCUT2D eigenvalue weighted by molar-refractivity contribution is 6.04. The van der Waals surface area contributed by atoms with Gasteiger partial charge in [0.05, 0.1) is 55.5 Å². The van der Waals surface area contributed by atoms with Crippen LogP contribution in [0.3, 0.4) is 0 Å². The van der Waals surface area contributed by atoms with Gasteiger partial charge in [0.15, 0.2) is 34.5 Å². The number of nitrogens with one attached hydrogen (secondary N) is 1. The van der Waals surface area contributed by atoms with Gasteiger partial charge in [0.1, 0.15) is 0 Å². The van der Waals surface area contributed by atoms with Crippen LogP contribution in [0.15, 0.2) is 48.5 Å². The second kappa shape index (κ2) is 13.7. The van der Waals surface area contributed by atoms with Gasteiger partial charge in [-0.05, 0) is 53.6 Å². The first kappa shape index (κ1) is 28.8. The second-order valence-corrected chi connectivity index (χ2v) is 7.99. The third-order valence-corrected chi connectivity index (χ3v) is 5.80. The zero-order chi connectivity index (χ0) is 28.4. The zero-order valence-corrected chi connectivity index (χ0v) is 23.1. The number of carbonyl (C=O) groups is 1. The van der Waals surface area contributed by atoms with E-state index in [1.165, 1.54) is 20.3 Å². The summed E-state index contributed by atoms with van der Waals surface area (Å²) in [6, 6.07) is 12.6. The Morgan fingerprint density at radius 1 is 0.564 bits per heavy atom. The monoisotopic (exact) mass is 535 g/mol. The third-order valence-electron chi connectivity index (χ3n) is 5.80. The van der Waals surface area contributed by atoms with Crippen LogP contribution in [-0.2, 0) is 4.79 Å². The van der Waals surface area contributed by atoms with Crippen molar-refractivity contribution in [3.8, 4) is 40.2 Å². The van der Waals surface area contributed by atoms with Crippen LogP contribution < -0.4 is 38.5 Å². The second-order valence-electron chi connectivity index (χ2n) is 7.99. The molecule has 0 bridgehead atoms. The lowest BCUT2D eigenvalue weighted by molar-refractivity contribution is -0.111. The van der Waals surface area contributed by atoms with E-state index in [4.69, 9.17) is 33.2 Å². The summed E-state index contributed by atoms with van der Waals surface area (Å²) in [5.41, 5.74) is 2.70. The van der Waals surface area contributed by atoms with Crippen LogP contribution in [0.4, 0.5) is 5.69 Å². The van der Waals surface area contributed by atoms with Crippen molar-refractivity contribution in [1.82, 2.24) is 0 Å². The Kier molecular flexibility index (Phi) is 10.1. The topological polar surface area (TPSA) is 93.7 Å². The Morgan fingerprint density at radius 3 is 1.69 bits per heavy atom. The van der Waals surface area contributed by atoms with Crippen LogP contribution in [0, 0.1) is 0 Å². The standard InChI is InChI=1S/C30H33NO8/c1-33-22-13-9-19(16-24(22)35-3)10-15-27(32)31-28-21(12-14-23(34-2)30(28)39-7)11-8-20-17-25(36-4)29(38-6)26(18-20)37-5/h8-18H,1-7H3,(H,31,32)/b11-8?,15-10+. The molecule has 0 atom stereocenters. The average molecular weight is 536 g/mol. The fraction of sp³-hybridized carbons (Fsp3) is 0.233. The molecule has 0 aromatic heterocycles. The van der Waals surface area contributed by atoms with E-state index in [1.54, 1.807) is 59.8 Å². The van der Waals surface area contributed by atoms with Gasteiger partial charge in [-0.3, -0.25) is 4.79 Å². The predicted octanol–water partition coefficient (Wildman–Crippen LogP) is 5.57. The molecule has 0 fully saturated rings. The molecule has 39 heavy (non-hydrogen) atoms. The normalized spacial score (nSPS) is 10.8. The summed E-state index contributed by atoms with van der Waals surface area (Å²) in [6.45, 7) is 0. The van der Waals surface area contributed by atoms with E-state index >= 15 is 0 Å². The van der Waals surface area contributed by atoms with Gasteiger partial charge in [-0.15, -0.1) is 0 Å². The quantitative estimate of drug-likeness (QED) is 0.238. The summed E-state index contributed by atoms with van der Waals surface area (Å²) in [7, 11) is 10.8. The minimum absolute atomic E-state index is 0.362. The van der Waals surface area contributed by atoms with Crippen molar-refractivity contribution in [2.45, 2.75) is 0 Å². The number of ether oxygens (including phenoxy) is 7. The van der Waals surface area contributed by atoms with Gasteiger partial charge in [0, 0.05) is 11.6 Å². The molecule has 0 radical (unpaired) electrons.